The highest BCUT2D eigenvalue weighted by molar-refractivity contribution is 7.64. The largest absolute Gasteiger partial charge is 0.223 e. The zero-order chi connectivity index (χ0) is 4.12. The molecule has 0 amide bonds. The first-order valence-electron chi connectivity index (χ1n) is 0.825. The van der Waals surface area contributed by atoms with Gasteiger partial charge in [-0.25, -0.2) is 9.00 Å². The van der Waals surface area contributed by atoms with E-state index in [1.54, 1.807) is 5.02 Å². The van der Waals surface area contributed by atoms with Crippen molar-refractivity contribution in [1.82, 2.24) is 0 Å². The van der Waals surface area contributed by atoms with Gasteiger partial charge in [0, 0.05) is 0 Å². The molecule has 0 heterocycles. The van der Waals surface area contributed by atoms with E-state index in [0.717, 1.165) is 0 Å². The van der Waals surface area contributed by atoms with Crippen molar-refractivity contribution in [3.63, 3.8) is 0 Å². The lowest BCUT2D eigenvalue weighted by Gasteiger charge is -1.16. The van der Waals surface area contributed by atoms with Crippen LogP contribution < -0.4 is 0 Å². The van der Waals surface area contributed by atoms with Crippen molar-refractivity contribution in [2.24, 2.45) is 0 Å². The van der Waals surface area contributed by atoms with Crippen molar-refractivity contribution >= 4 is 22.2 Å². The van der Waals surface area contributed by atoms with E-state index in [9.17, 15) is 0 Å². The molecular weight excluding hydrogens is 88.1 g/mol. The van der Waals surface area contributed by atoms with E-state index in [-0.39, 0.29) is 11.3 Å². The SMILES string of the molecule is O=C=C=S=O. The van der Waals surface area contributed by atoms with Gasteiger partial charge < -0.3 is 0 Å². The summed E-state index contributed by atoms with van der Waals surface area (Å²) < 4.78 is 9.07. The van der Waals surface area contributed by atoms with Crippen LogP contribution in [0.5, 0.6) is 0 Å². The Morgan fingerprint density at radius 2 is 2.20 bits per heavy atom. The van der Waals surface area contributed by atoms with E-state index >= 15 is 0 Å². The lowest BCUT2D eigenvalue weighted by Crippen LogP contribution is -1.43. The molecule has 0 saturated carbocycles. The van der Waals surface area contributed by atoms with Crippen molar-refractivity contribution < 1.29 is 9.00 Å². The second-order valence-electron chi connectivity index (χ2n) is 0.287. The average Bonchev–Trinajstić information content (AvgIpc) is 1.41. The molecule has 0 spiro atoms. The minimum absolute atomic E-state index is 0.0220. The molecule has 0 aromatic heterocycles. The van der Waals surface area contributed by atoms with E-state index in [1.807, 2.05) is 0 Å². The maximum atomic E-state index is 9.07. The second-order valence-corrected chi connectivity index (χ2v) is 0.658. The number of hydrogen-bond acceptors (Lipinski definition) is 2. The van der Waals surface area contributed by atoms with Crippen molar-refractivity contribution in [2.45, 2.75) is 0 Å². The molecule has 0 rings (SSSR count). The molecule has 0 N–H and O–H groups in total. The van der Waals surface area contributed by atoms with Gasteiger partial charge in [-0.3, -0.25) is 0 Å². The van der Waals surface area contributed by atoms with Crippen LogP contribution in [-0.4, -0.2) is 15.2 Å². The van der Waals surface area contributed by atoms with Crippen LogP contribution in [0.15, 0.2) is 0 Å². The summed E-state index contributed by atoms with van der Waals surface area (Å²) in [7, 11) is 0. The maximum absolute atomic E-state index is 9.07. The van der Waals surface area contributed by atoms with E-state index in [1.165, 1.54) is 5.94 Å². The molecule has 0 saturated heterocycles. The van der Waals surface area contributed by atoms with Crippen LogP contribution in [0.25, 0.3) is 0 Å². The Balaban J connectivity index is 4.38. The molecule has 0 atom stereocenters. The standard InChI is InChI=1S/C2O2S/c3-1-2-5-4. The zero-order valence-corrected chi connectivity index (χ0v) is 3.04. The van der Waals surface area contributed by atoms with Crippen LogP contribution >= 0.6 is 0 Å². The van der Waals surface area contributed by atoms with Gasteiger partial charge in [-0.2, -0.15) is 0 Å². The van der Waals surface area contributed by atoms with E-state index < -0.39 is 0 Å². The maximum Gasteiger partial charge on any atom is 0.191 e. The molecule has 0 radical (unpaired) electrons. The molecule has 0 aromatic carbocycles. The molecule has 0 aliphatic heterocycles. The fraction of sp³-hybridized carbons (Fsp3) is 0. The van der Waals surface area contributed by atoms with Gasteiger partial charge in [0.25, 0.3) is 0 Å². The van der Waals surface area contributed by atoms with Crippen molar-refractivity contribution in [3.8, 4) is 0 Å². The summed E-state index contributed by atoms with van der Waals surface area (Å²) in [6.07, 6.45) is 0. The van der Waals surface area contributed by atoms with Crippen LogP contribution in [0.4, 0.5) is 0 Å². The molecule has 26 valence electrons. The molecule has 0 aliphatic rings. The molecule has 5 heavy (non-hydrogen) atoms. The number of hydrogen-bond donors (Lipinski definition) is 0. The zero-order valence-electron chi connectivity index (χ0n) is 2.22. The Bertz CT molecular complexity index is 99.6. The summed E-state index contributed by atoms with van der Waals surface area (Å²) in [5.41, 5.74) is 0. The summed E-state index contributed by atoms with van der Waals surface area (Å²) in [6.45, 7) is 0. The Labute approximate surface area is 32.2 Å². The third kappa shape index (κ3) is 3.38. The highest BCUT2D eigenvalue weighted by Gasteiger charge is 1.31. The monoisotopic (exact) mass is 88.0 g/mol. The summed E-state index contributed by atoms with van der Waals surface area (Å²) in [5, 5.41) is 1.67. The van der Waals surface area contributed by atoms with E-state index in [4.69, 9.17) is 9.00 Å². The average molecular weight is 88.1 g/mol. The molecule has 0 unspecified atom stereocenters. The molecule has 0 aliphatic carbocycles. The van der Waals surface area contributed by atoms with Gasteiger partial charge in [-0.05, 0) is 0 Å². The van der Waals surface area contributed by atoms with Crippen LogP contribution in [0.2, 0.25) is 0 Å². The van der Waals surface area contributed by atoms with Crippen LogP contribution in [-0.2, 0) is 16.1 Å². The Morgan fingerprint density at radius 3 is 2.20 bits per heavy atom. The summed E-state index contributed by atoms with van der Waals surface area (Å²) in [6, 6.07) is 0. The normalized spacial score (nSPS) is 4.00. The molecule has 0 bridgehead atoms. The van der Waals surface area contributed by atoms with Crippen LogP contribution in [0.3, 0.4) is 0 Å². The molecular formula is C2O2S. The van der Waals surface area contributed by atoms with Crippen LogP contribution in [0, 0.1) is 0 Å². The van der Waals surface area contributed by atoms with Gasteiger partial charge in [-0.15, -0.1) is 0 Å². The van der Waals surface area contributed by atoms with Gasteiger partial charge in [-0.1, -0.05) is 0 Å². The Kier molecular flexibility index (Phi) is 2.96. The van der Waals surface area contributed by atoms with Gasteiger partial charge >= 0.3 is 0 Å². The fourth-order valence-electron chi connectivity index (χ4n) is 0.0170. The first-order chi connectivity index (χ1) is 2.41. The smallest absolute Gasteiger partial charge is 0.191 e. The number of rotatable bonds is 0. The molecule has 0 aromatic rings. The highest BCUT2D eigenvalue weighted by Crippen LogP contribution is 1.04. The Morgan fingerprint density at radius 1 is 1.60 bits per heavy atom. The lowest BCUT2D eigenvalue weighted by atomic mass is 11.2. The topological polar surface area (TPSA) is 34.1 Å². The van der Waals surface area contributed by atoms with Crippen molar-refractivity contribution in [2.75, 3.05) is 0 Å². The second kappa shape index (κ2) is 3.38. The molecule has 3 heteroatoms. The predicted molar refractivity (Wildman–Crippen MR) is 18.8 cm³/mol. The van der Waals surface area contributed by atoms with E-state index in [2.05, 4.69) is 0 Å². The third-order valence-corrected chi connectivity index (χ3v) is 0.250. The first-order valence-corrected chi connectivity index (χ1v) is 1.57. The van der Waals surface area contributed by atoms with Gasteiger partial charge in [0.15, 0.2) is 17.2 Å². The van der Waals surface area contributed by atoms with Gasteiger partial charge in [0.1, 0.15) is 0 Å². The van der Waals surface area contributed by atoms with E-state index in [0.29, 0.717) is 0 Å². The van der Waals surface area contributed by atoms with Crippen molar-refractivity contribution in [3.05, 3.63) is 0 Å². The van der Waals surface area contributed by atoms with Gasteiger partial charge in [0.2, 0.25) is 0 Å². The fourth-order valence-corrected chi connectivity index (χ4v) is 0.0510. The van der Waals surface area contributed by atoms with Crippen LogP contribution in [0.1, 0.15) is 0 Å². The Hall–Kier alpha value is -0.620. The summed E-state index contributed by atoms with van der Waals surface area (Å²) >= 11 is -0.0220. The number of carbonyl (C=O) groups excluding carboxylic acids is 1. The minimum Gasteiger partial charge on any atom is -0.223 e. The molecule has 0 fully saturated rings. The highest BCUT2D eigenvalue weighted by atomic mass is 32.1. The predicted octanol–water partition coefficient (Wildman–Crippen LogP) is -1.01. The quantitative estimate of drug-likeness (QED) is 0.281. The first kappa shape index (κ1) is 4.38. The van der Waals surface area contributed by atoms with Crippen molar-refractivity contribution in [1.29, 1.82) is 0 Å². The third-order valence-electron chi connectivity index (χ3n) is 0.0833. The minimum atomic E-state index is -0.0220. The summed E-state index contributed by atoms with van der Waals surface area (Å²) in [5.74, 6) is 1.17. The van der Waals surface area contributed by atoms with Gasteiger partial charge in [0.05, 0.1) is 5.02 Å². The molecule has 2 nitrogen and oxygen atoms in total. The summed E-state index contributed by atoms with van der Waals surface area (Å²) in [4.78, 5) is 8.95. The lowest BCUT2D eigenvalue weighted by molar-refractivity contribution is 0.571.